The van der Waals surface area contributed by atoms with E-state index in [-0.39, 0.29) is 35.7 Å². The molecule has 0 spiro atoms. The lowest BCUT2D eigenvalue weighted by molar-refractivity contribution is -0.142. The number of aryl methyl sites for hydroxylation is 1. The van der Waals surface area contributed by atoms with E-state index in [9.17, 15) is 14.4 Å². The molecule has 2 aromatic rings. The number of thiazole rings is 1. The molecular weight excluding hydrogens is 386 g/mol. The molecule has 0 aliphatic rings. The first-order valence-corrected chi connectivity index (χ1v) is 10.3. The zero-order valence-corrected chi connectivity index (χ0v) is 16.7. The number of rotatable bonds is 9. The summed E-state index contributed by atoms with van der Waals surface area (Å²) in [6.45, 7) is 4.03. The highest BCUT2D eigenvalue weighted by Gasteiger charge is 2.11. The largest absolute Gasteiger partial charge is 0.466 e. The van der Waals surface area contributed by atoms with E-state index >= 15 is 0 Å². The summed E-state index contributed by atoms with van der Waals surface area (Å²) in [7, 11) is 0. The smallest absolute Gasteiger partial charge is 0.311 e. The van der Waals surface area contributed by atoms with Crippen LogP contribution in [0.3, 0.4) is 0 Å². The number of benzene rings is 1. The normalized spacial score (nSPS) is 10.3. The molecule has 1 heterocycles. The molecule has 0 fully saturated rings. The Morgan fingerprint density at radius 2 is 1.78 bits per heavy atom. The van der Waals surface area contributed by atoms with E-state index in [1.165, 1.54) is 23.1 Å². The molecule has 0 atom stereocenters. The maximum absolute atomic E-state index is 11.9. The summed E-state index contributed by atoms with van der Waals surface area (Å²) in [6, 6.07) is 7.50. The number of carbonyl (C=O) groups excluding carboxylic acids is 3. The number of ether oxygens (including phenoxy) is 1. The Morgan fingerprint density at radius 1 is 1.11 bits per heavy atom. The van der Waals surface area contributed by atoms with Crippen LogP contribution >= 0.6 is 23.1 Å². The van der Waals surface area contributed by atoms with Crippen molar-refractivity contribution in [2.45, 2.75) is 20.3 Å². The summed E-state index contributed by atoms with van der Waals surface area (Å²) in [4.78, 5) is 39.4. The fraction of sp³-hybridized carbons (Fsp3) is 0.333. The van der Waals surface area contributed by atoms with Gasteiger partial charge in [-0.15, -0.1) is 23.1 Å². The van der Waals surface area contributed by atoms with Gasteiger partial charge in [-0.25, -0.2) is 4.98 Å². The van der Waals surface area contributed by atoms with Gasteiger partial charge >= 0.3 is 5.97 Å². The maximum atomic E-state index is 11.9. The van der Waals surface area contributed by atoms with Gasteiger partial charge in [0.15, 0.2) is 5.13 Å². The Balaban J connectivity index is 1.68. The van der Waals surface area contributed by atoms with Crippen LogP contribution in [0.5, 0.6) is 0 Å². The molecule has 0 aliphatic carbocycles. The van der Waals surface area contributed by atoms with Crippen molar-refractivity contribution in [2.24, 2.45) is 0 Å². The van der Waals surface area contributed by atoms with Crippen LogP contribution in [0.2, 0.25) is 0 Å². The first-order chi connectivity index (χ1) is 13.0. The van der Waals surface area contributed by atoms with Gasteiger partial charge in [-0.3, -0.25) is 14.4 Å². The highest BCUT2D eigenvalue weighted by molar-refractivity contribution is 8.00. The zero-order chi connectivity index (χ0) is 19.6. The first kappa shape index (κ1) is 20.9. The molecule has 144 valence electrons. The van der Waals surface area contributed by atoms with Gasteiger partial charge in [0.2, 0.25) is 11.8 Å². The quantitative estimate of drug-likeness (QED) is 0.621. The van der Waals surface area contributed by atoms with Crippen molar-refractivity contribution in [3.8, 4) is 0 Å². The van der Waals surface area contributed by atoms with Crippen molar-refractivity contribution in [3.63, 3.8) is 0 Å². The number of hydrogen-bond acceptors (Lipinski definition) is 7. The van der Waals surface area contributed by atoms with E-state index in [1.807, 2.05) is 31.2 Å². The van der Waals surface area contributed by atoms with E-state index in [0.29, 0.717) is 17.4 Å². The SMILES string of the molecule is CCOC(=O)Cc1csc(NC(=O)CSCC(=O)Nc2ccc(C)cc2)n1. The van der Waals surface area contributed by atoms with E-state index < -0.39 is 0 Å². The summed E-state index contributed by atoms with van der Waals surface area (Å²) < 4.78 is 4.86. The Labute approximate surface area is 165 Å². The second-order valence-corrected chi connectivity index (χ2v) is 7.42. The Kier molecular flexibility index (Phi) is 8.28. The second-order valence-electron chi connectivity index (χ2n) is 5.58. The molecule has 1 aromatic carbocycles. The zero-order valence-electron chi connectivity index (χ0n) is 15.1. The number of aromatic nitrogens is 1. The molecule has 0 bridgehead atoms. The molecule has 0 saturated carbocycles. The topological polar surface area (TPSA) is 97.4 Å². The van der Waals surface area contributed by atoms with Crippen LogP contribution in [0, 0.1) is 6.92 Å². The molecule has 9 heteroatoms. The summed E-state index contributed by atoms with van der Waals surface area (Å²) in [5, 5.41) is 7.56. The molecule has 2 rings (SSSR count). The highest BCUT2D eigenvalue weighted by atomic mass is 32.2. The Morgan fingerprint density at radius 3 is 2.44 bits per heavy atom. The van der Waals surface area contributed by atoms with Gasteiger partial charge in [-0.2, -0.15) is 0 Å². The average Bonchev–Trinajstić information content (AvgIpc) is 3.03. The molecule has 0 aliphatic heterocycles. The number of anilines is 2. The van der Waals surface area contributed by atoms with Crippen LogP contribution in [0.15, 0.2) is 29.6 Å². The molecule has 0 unspecified atom stereocenters. The maximum Gasteiger partial charge on any atom is 0.311 e. The number of esters is 1. The minimum absolute atomic E-state index is 0.0775. The van der Waals surface area contributed by atoms with Crippen molar-refractivity contribution >= 4 is 51.7 Å². The van der Waals surface area contributed by atoms with Crippen molar-refractivity contribution in [1.82, 2.24) is 4.98 Å². The third kappa shape index (κ3) is 7.79. The summed E-state index contributed by atoms with van der Waals surface area (Å²) in [5.74, 6) is -0.458. The second kappa shape index (κ2) is 10.7. The molecule has 0 radical (unpaired) electrons. The standard InChI is InChI=1S/C18H21N3O4S2/c1-3-25-17(24)8-14-9-27-18(20-14)21-16(23)11-26-10-15(22)19-13-6-4-12(2)5-7-13/h4-7,9H,3,8,10-11H2,1-2H3,(H,19,22)(H,20,21,23). The molecule has 2 amide bonds. The highest BCUT2D eigenvalue weighted by Crippen LogP contribution is 2.17. The van der Waals surface area contributed by atoms with Crippen molar-refractivity contribution < 1.29 is 19.1 Å². The van der Waals surface area contributed by atoms with E-state index in [1.54, 1.807) is 12.3 Å². The predicted octanol–water partition coefficient (Wildman–Crippen LogP) is 2.87. The minimum atomic E-state index is -0.351. The number of carbonyl (C=O) groups is 3. The van der Waals surface area contributed by atoms with Gasteiger partial charge in [0.25, 0.3) is 0 Å². The van der Waals surface area contributed by atoms with E-state index in [0.717, 1.165) is 11.3 Å². The molecular formula is C18H21N3O4S2. The number of amides is 2. The van der Waals surface area contributed by atoms with E-state index in [2.05, 4.69) is 15.6 Å². The van der Waals surface area contributed by atoms with Crippen LogP contribution < -0.4 is 10.6 Å². The van der Waals surface area contributed by atoms with Crippen LogP contribution in [-0.2, 0) is 25.5 Å². The van der Waals surface area contributed by atoms with Gasteiger partial charge in [-0.1, -0.05) is 17.7 Å². The van der Waals surface area contributed by atoms with Gasteiger partial charge in [0.05, 0.1) is 30.2 Å². The molecule has 2 N–H and O–H groups in total. The number of thioether (sulfide) groups is 1. The monoisotopic (exact) mass is 407 g/mol. The van der Waals surface area contributed by atoms with Crippen LogP contribution in [0.4, 0.5) is 10.8 Å². The molecule has 1 aromatic heterocycles. The lowest BCUT2D eigenvalue weighted by atomic mass is 10.2. The molecule has 0 saturated heterocycles. The average molecular weight is 408 g/mol. The Hall–Kier alpha value is -2.39. The van der Waals surface area contributed by atoms with Crippen molar-refractivity contribution in [3.05, 3.63) is 40.9 Å². The van der Waals surface area contributed by atoms with Crippen LogP contribution in [0.25, 0.3) is 0 Å². The van der Waals surface area contributed by atoms with Crippen LogP contribution in [-0.4, -0.2) is 40.9 Å². The summed E-state index contributed by atoms with van der Waals surface area (Å²) in [5.41, 5.74) is 2.40. The van der Waals surface area contributed by atoms with Crippen molar-refractivity contribution in [1.29, 1.82) is 0 Å². The van der Waals surface area contributed by atoms with E-state index in [4.69, 9.17) is 4.74 Å². The van der Waals surface area contributed by atoms with Gasteiger partial charge in [0.1, 0.15) is 0 Å². The summed E-state index contributed by atoms with van der Waals surface area (Å²) in [6.07, 6.45) is 0.0775. The summed E-state index contributed by atoms with van der Waals surface area (Å²) >= 11 is 2.46. The molecule has 27 heavy (non-hydrogen) atoms. The number of hydrogen-bond donors (Lipinski definition) is 2. The lowest BCUT2D eigenvalue weighted by Crippen LogP contribution is -2.18. The van der Waals surface area contributed by atoms with Gasteiger partial charge in [0, 0.05) is 11.1 Å². The number of nitrogens with zero attached hydrogens (tertiary/aromatic N) is 1. The third-order valence-electron chi connectivity index (χ3n) is 3.23. The van der Waals surface area contributed by atoms with Gasteiger partial charge < -0.3 is 15.4 Å². The first-order valence-electron chi connectivity index (χ1n) is 8.30. The third-order valence-corrected chi connectivity index (χ3v) is 4.97. The fourth-order valence-electron chi connectivity index (χ4n) is 2.03. The van der Waals surface area contributed by atoms with Gasteiger partial charge in [-0.05, 0) is 26.0 Å². The number of nitrogens with one attached hydrogen (secondary N) is 2. The Bertz CT molecular complexity index is 790. The molecule has 7 nitrogen and oxygen atoms in total. The minimum Gasteiger partial charge on any atom is -0.466 e. The predicted molar refractivity (Wildman–Crippen MR) is 108 cm³/mol. The lowest BCUT2D eigenvalue weighted by Gasteiger charge is -2.05. The fourth-order valence-corrected chi connectivity index (χ4v) is 3.37. The van der Waals surface area contributed by atoms with Crippen molar-refractivity contribution in [2.75, 3.05) is 28.7 Å². The van der Waals surface area contributed by atoms with Crippen LogP contribution in [0.1, 0.15) is 18.2 Å².